The third-order valence-electron chi connectivity index (χ3n) is 6.31. The number of carbonyl (C=O) groups is 1. The van der Waals surface area contributed by atoms with E-state index in [1.54, 1.807) is 24.3 Å². The summed E-state index contributed by atoms with van der Waals surface area (Å²) in [7, 11) is 0. The molecule has 2 N–H and O–H groups in total. The molecule has 2 aromatic heterocycles. The molecule has 2 aromatic carbocycles. The number of hydrogen-bond acceptors (Lipinski definition) is 5. The molecule has 0 bridgehead atoms. The van der Waals surface area contributed by atoms with Gasteiger partial charge in [0.2, 0.25) is 0 Å². The number of pyridine rings is 1. The van der Waals surface area contributed by atoms with Gasteiger partial charge in [0, 0.05) is 40.2 Å². The van der Waals surface area contributed by atoms with Crippen molar-refractivity contribution in [3.8, 4) is 0 Å². The van der Waals surface area contributed by atoms with E-state index >= 15 is 0 Å². The van der Waals surface area contributed by atoms with Gasteiger partial charge < -0.3 is 15.1 Å². The van der Waals surface area contributed by atoms with Crippen LogP contribution in [0.15, 0.2) is 63.8 Å². The van der Waals surface area contributed by atoms with E-state index in [0.29, 0.717) is 35.8 Å². The molecular formula is C26H21F4N3O3. The molecule has 10 heteroatoms. The number of rotatable bonds is 4. The number of carbonyl (C=O) groups excluding carboxylic acids is 1. The van der Waals surface area contributed by atoms with Crippen molar-refractivity contribution in [3.05, 3.63) is 82.1 Å². The van der Waals surface area contributed by atoms with Gasteiger partial charge in [0.15, 0.2) is 0 Å². The van der Waals surface area contributed by atoms with Gasteiger partial charge in [-0.1, -0.05) is 0 Å². The summed E-state index contributed by atoms with van der Waals surface area (Å²) in [5, 5.41) is 7.00. The zero-order chi connectivity index (χ0) is 25.4. The van der Waals surface area contributed by atoms with Gasteiger partial charge >= 0.3 is 11.8 Å². The fourth-order valence-corrected chi connectivity index (χ4v) is 4.62. The highest BCUT2D eigenvalue weighted by molar-refractivity contribution is 5.97. The van der Waals surface area contributed by atoms with Crippen molar-refractivity contribution in [1.82, 2.24) is 10.3 Å². The molecule has 5 rings (SSSR count). The summed E-state index contributed by atoms with van der Waals surface area (Å²) in [5.41, 5.74) is -0.567. The fourth-order valence-electron chi connectivity index (χ4n) is 4.62. The average molecular weight is 499 g/mol. The van der Waals surface area contributed by atoms with E-state index in [9.17, 15) is 27.2 Å². The van der Waals surface area contributed by atoms with Crippen LogP contribution >= 0.6 is 0 Å². The third kappa shape index (κ3) is 5.02. The summed E-state index contributed by atoms with van der Waals surface area (Å²) in [4.78, 5) is 27.9. The SMILES string of the molecule is O=C(N[C@@H]1CCC[C@H](Nc2cc(C(F)(F)F)nc3ccc(F)cc23)C1)c1ccc2oc(=O)ccc2c1. The predicted octanol–water partition coefficient (Wildman–Crippen LogP) is 5.65. The van der Waals surface area contributed by atoms with E-state index in [2.05, 4.69) is 15.6 Å². The second-order valence-corrected chi connectivity index (χ2v) is 8.90. The monoisotopic (exact) mass is 499 g/mol. The number of nitrogens with zero attached hydrogens (tertiary/aromatic N) is 1. The largest absolute Gasteiger partial charge is 0.433 e. The van der Waals surface area contributed by atoms with Crippen molar-refractivity contribution in [1.29, 1.82) is 0 Å². The summed E-state index contributed by atoms with van der Waals surface area (Å²) in [6, 6.07) is 11.5. The van der Waals surface area contributed by atoms with Gasteiger partial charge in [0.1, 0.15) is 17.1 Å². The quantitative estimate of drug-likeness (QED) is 0.280. The Kier molecular flexibility index (Phi) is 6.11. The topological polar surface area (TPSA) is 84.2 Å². The third-order valence-corrected chi connectivity index (χ3v) is 6.31. The van der Waals surface area contributed by atoms with Gasteiger partial charge in [0.05, 0.1) is 5.52 Å². The summed E-state index contributed by atoms with van der Waals surface area (Å²) in [6.45, 7) is 0. The first-order chi connectivity index (χ1) is 17.2. The van der Waals surface area contributed by atoms with Gasteiger partial charge in [-0.05, 0) is 74.2 Å². The maximum Gasteiger partial charge on any atom is 0.433 e. The summed E-state index contributed by atoms with van der Waals surface area (Å²) < 4.78 is 59.2. The molecule has 1 fully saturated rings. The van der Waals surface area contributed by atoms with Crippen LogP contribution in [-0.4, -0.2) is 23.0 Å². The molecule has 0 unspecified atom stereocenters. The molecule has 4 aromatic rings. The Morgan fingerprint density at radius 3 is 2.61 bits per heavy atom. The molecule has 2 heterocycles. The molecule has 0 spiro atoms. The van der Waals surface area contributed by atoms with Crippen LogP contribution < -0.4 is 16.3 Å². The second-order valence-electron chi connectivity index (χ2n) is 8.90. The zero-order valence-corrected chi connectivity index (χ0v) is 18.9. The molecule has 0 saturated heterocycles. The van der Waals surface area contributed by atoms with Crippen molar-refractivity contribution in [2.75, 3.05) is 5.32 Å². The minimum absolute atomic E-state index is 0.0431. The van der Waals surface area contributed by atoms with Crippen LogP contribution in [0.3, 0.4) is 0 Å². The molecule has 6 nitrogen and oxygen atoms in total. The maximum atomic E-state index is 13.9. The Balaban J connectivity index is 1.33. The number of nitrogens with one attached hydrogen (secondary N) is 2. The van der Waals surface area contributed by atoms with E-state index in [4.69, 9.17) is 4.42 Å². The summed E-state index contributed by atoms with van der Waals surface area (Å²) in [5.74, 6) is -0.875. The number of hydrogen-bond donors (Lipinski definition) is 2. The van der Waals surface area contributed by atoms with Crippen molar-refractivity contribution < 1.29 is 26.8 Å². The average Bonchev–Trinajstić information content (AvgIpc) is 2.83. The number of benzene rings is 2. The lowest BCUT2D eigenvalue weighted by Gasteiger charge is -2.31. The van der Waals surface area contributed by atoms with E-state index < -0.39 is 23.3 Å². The molecule has 1 aliphatic rings. The molecule has 36 heavy (non-hydrogen) atoms. The lowest BCUT2D eigenvalue weighted by atomic mass is 9.90. The first-order valence-electron chi connectivity index (χ1n) is 11.4. The normalized spacial score (nSPS) is 18.3. The van der Waals surface area contributed by atoms with E-state index in [-0.39, 0.29) is 34.6 Å². The van der Waals surface area contributed by atoms with Crippen molar-refractivity contribution in [2.24, 2.45) is 0 Å². The lowest BCUT2D eigenvalue weighted by Crippen LogP contribution is -2.41. The first-order valence-corrected chi connectivity index (χ1v) is 11.4. The Morgan fingerprint density at radius 1 is 1.00 bits per heavy atom. The van der Waals surface area contributed by atoms with Gasteiger partial charge in [-0.25, -0.2) is 14.2 Å². The van der Waals surface area contributed by atoms with Crippen LogP contribution in [-0.2, 0) is 6.18 Å². The van der Waals surface area contributed by atoms with Crippen molar-refractivity contribution in [3.63, 3.8) is 0 Å². The number of halogens is 4. The molecule has 1 saturated carbocycles. The standard InChI is InChI=1S/C26H21F4N3O3/c27-16-6-7-20-19(11-16)21(13-23(33-20)26(28,29)30)31-17-2-1-3-18(12-17)32-25(35)15-4-8-22-14(10-15)5-9-24(34)36-22/h4-11,13,17-18H,1-3,12H2,(H,31,33)(H,32,35)/t17-,18+/m0/s1. The number of alkyl halides is 3. The Morgan fingerprint density at radius 2 is 1.81 bits per heavy atom. The van der Waals surface area contributed by atoms with Crippen LogP contribution in [0.1, 0.15) is 41.7 Å². The first kappa shape index (κ1) is 23.8. The van der Waals surface area contributed by atoms with Gasteiger partial charge in [-0.2, -0.15) is 13.2 Å². The minimum atomic E-state index is -4.65. The Hall–Kier alpha value is -3.95. The second kappa shape index (κ2) is 9.25. The van der Waals surface area contributed by atoms with Crippen LogP contribution in [0.2, 0.25) is 0 Å². The smallest absolute Gasteiger partial charge is 0.423 e. The molecule has 2 atom stereocenters. The van der Waals surface area contributed by atoms with Crippen LogP contribution in [0.4, 0.5) is 23.2 Å². The zero-order valence-electron chi connectivity index (χ0n) is 18.9. The highest BCUT2D eigenvalue weighted by Gasteiger charge is 2.34. The Bertz CT molecular complexity index is 1520. The highest BCUT2D eigenvalue weighted by atomic mass is 19.4. The number of aromatic nitrogens is 1. The minimum Gasteiger partial charge on any atom is -0.423 e. The van der Waals surface area contributed by atoms with Crippen LogP contribution in [0, 0.1) is 5.82 Å². The number of anilines is 1. The molecule has 0 aliphatic heterocycles. The van der Waals surface area contributed by atoms with Crippen LogP contribution in [0.25, 0.3) is 21.9 Å². The molecule has 1 amide bonds. The number of fused-ring (bicyclic) bond motifs is 2. The molecule has 0 radical (unpaired) electrons. The van der Waals surface area contributed by atoms with Gasteiger partial charge in [-0.3, -0.25) is 4.79 Å². The highest BCUT2D eigenvalue weighted by Crippen LogP contribution is 2.34. The number of amides is 1. The lowest BCUT2D eigenvalue weighted by molar-refractivity contribution is -0.140. The molecular weight excluding hydrogens is 478 g/mol. The van der Waals surface area contributed by atoms with Gasteiger partial charge in [0.25, 0.3) is 5.91 Å². The van der Waals surface area contributed by atoms with Crippen LogP contribution in [0.5, 0.6) is 0 Å². The molecule has 186 valence electrons. The predicted molar refractivity (Wildman–Crippen MR) is 126 cm³/mol. The van der Waals surface area contributed by atoms with Gasteiger partial charge in [-0.15, -0.1) is 0 Å². The van der Waals surface area contributed by atoms with E-state index in [0.717, 1.165) is 24.6 Å². The maximum absolute atomic E-state index is 13.9. The molecule has 1 aliphatic carbocycles. The Labute approximate surface area is 202 Å². The summed E-state index contributed by atoms with van der Waals surface area (Å²) in [6.07, 6.45) is -2.03. The van der Waals surface area contributed by atoms with Crippen molar-refractivity contribution in [2.45, 2.75) is 43.9 Å². The van der Waals surface area contributed by atoms with Crippen molar-refractivity contribution >= 4 is 33.5 Å². The van der Waals surface area contributed by atoms with E-state index in [1.165, 1.54) is 12.1 Å². The fraction of sp³-hybridized carbons (Fsp3) is 0.269. The summed E-state index contributed by atoms with van der Waals surface area (Å²) >= 11 is 0. The van der Waals surface area contributed by atoms with E-state index in [1.807, 2.05) is 0 Å².